The van der Waals surface area contributed by atoms with Gasteiger partial charge in [-0.05, 0) is 24.5 Å². The van der Waals surface area contributed by atoms with Gasteiger partial charge < -0.3 is 0 Å². The molecule has 126 valence electrons. The van der Waals surface area contributed by atoms with Crippen molar-refractivity contribution in [3.63, 3.8) is 0 Å². The number of aromatic nitrogens is 1. The van der Waals surface area contributed by atoms with E-state index in [0.29, 0.717) is 11.9 Å². The van der Waals surface area contributed by atoms with Gasteiger partial charge in [0.15, 0.2) is 9.84 Å². The molecule has 2 N–H and O–H groups in total. The van der Waals surface area contributed by atoms with Gasteiger partial charge in [0.25, 0.3) is 5.91 Å². The van der Waals surface area contributed by atoms with Crippen molar-refractivity contribution in [1.82, 2.24) is 15.8 Å². The highest BCUT2D eigenvalue weighted by molar-refractivity contribution is 7.91. The number of hydrogen-bond donors (Lipinski definition) is 2. The normalized spacial score (nSPS) is 19.1. The summed E-state index contributed by atoms with van der Waals surface area (Å²) in [6.45, 7) is 0. The Hall–Kier alpha value is -2.48. The van der Waals surface area contributed by atoms with Crippen LogP contribution in [0.1, 0.15) is 23.3 Å². The minimum Gasteiger partial charge on any atom is -0.273 e. The van der Waals surface area contributed by atoms with Gasteiger partial charge >= 0.3 is 0 Å². The van der Waals surface area contributed by atoms with Crippen molar-refractivity contribution in [2.75, 3.05) is 11.5 Å². The van der Waals surface area contributed by atoms with E-state index >= 15 is 0 Å². The van der Waals surface area contributed by atoms with Crippen LogP contribution in [0.4, 0.5) is 0 Å². The van der Waals surface area contributed by atoms with Crippen molar-refractivity contribution in [1.29, 1.82) is 0 Å². The molecule has 0 bridgehead atoms. The molecule has 3 rings (SSSR count). The van der Waals surface area contributed by atoms with Crippen molar-refractivity contribution in [2.24, 2.45) is 5.92 Å². The number of rotatable bonds is 3. The number of nitrogens with zero attached hydrogens (tertiary/aromatic N) is 1. The van der Waals surface area contributed by atoms with Gasteiger partial charge in [-0.3, -0.25) is 20.4 Å². The fourth-order valence-electron chi connectivity index (χ4n) is 2.73. The number of amides is 2. The second-order valence-corrected chi connectivity index (χ2v) is 8.09. The Bertz CT molecular complexity index is 895. The predicted molar refractivity (Wildman–Crippen MR) is 88.7 cm³/mol. The first-order valence-electron chi connectivity index (χ1n) is 7.58. The molecule has 0 radical (unpaired) electrons. The zero-order chi connectivity index (χ0) is 17.2. The molecule has 1 aliphatic heterocycles. The number of hydrazine groups is 1. The molecule has 8 heteroatoms. The van der Waals surface area contributed by atoms with Crippen LogP contribution in [-0.2, 0) is 14.6 Å². The molecule has 1 aromatic carbocycles. The fourth-order valence-corrected chi connectivity index (χ4v) is 4.59. The maximum absolute atomic E-state index is 12.0. The molecule has 0 unspecified atom stereocenters. The maximum Gasteiger partial charge on any atom is 0.288 e. The molecule has 24 heavy (non-hydrogen) atoms. The third-order valence-corrected chi connectivity index (χ3v) is 5.78. The lowest BCUT2D eigenvalue weighted by molar-refractivity contribution is -0.122. The monoisotopic (exact) mass is 347 g/mol. The number of carbonyl (C=O) groups is 2. The second-order valence-electron chi connectivity index (χ2n) is 5.86. The third-order valence-electron chi connectivity index (χ3n) is 3.95. The highest BCUT2D eigenvalue weighted by atomic mass is 32.2. The minimum atomic E-state index is -3.01. The Morgan fingerprint density at radius 3 is 2.67 bits per heavy atom. The first-order chi connectivity index (χ1) is 11.4. The molecular weight excluding hydrogens is 330 g/mol. The number of nitrogens with one attached hydrogen (secondary N) is 2. The molecular formula is C16H17N3O4S. The summed E-state index contributed by atoms with van der Waals surface area (Å²) < 4.78 is 22.7. The number of para-hydroxylation sites is 1. The molecule has 2 amide bonds. The van der Waals surface area contributed by atoms with E-state index in [-0.39, 0.29) is 29.5 Å². The largest absolute Gasteiger partial charge is 0.288 e. The number of pyridine rings is 1. The Morgan fingerprint density at radius 1 is 1.12 bits per heavy atom. The summed E-state index contributed by atoms with van der Waals surface area (Å²) in [7, 11) is -3.01. The van der Waals surface area contributed by atoms with E-state index < -0.39 is 21.7 Å². The maximum atomic E-state index is 12.0. The van der Waals surface area contributed by atoms with E-state index in [1.54, 1.807) is 18.2 Å². The molecule has 1 saturated heterocycles. The third kappa shape index (κ3) is 3.88. The lowest BCUT2D eigenvalue weighted by Gasteiger charge is -2.10. The van der Waals surface area contributed by atoms with E-state index in [2.05, 4.69) is 15.8 Å². The Morgan fingerprint density at radius 2 is 1.92 bits per heavy atom. The van der Waals surface area contributed by atoms with Gasteiger partial charge in [-0.2, -0.15) is 0 Å². The van der Waals surface area contributed by atoms with E-state index in [0.717, 1.165) is 5.39 Å². The van der Waals surface area contributed by atoms with E-state index in [1.165, 1.54) is 0 Å². The summed E-state index contributed by atoms with van der Waals surface area (Å²) in [4.78, 5) is 28.1. The molecule has 1 fully saturated rings. The van der Waals surface area contributed by atoms with Crippen molar-refractivity contribution in [3.05, 3.63) is 42.1 Å². The number of fused-ring (bicyclic) bond motifs is 1. The Kier molecular flexibility index (Phi) is 4.48. The van der Waals surface area contributed by atoms with Crippen LogP contribution in [-0.4, -0.2) is 36.7 Å². The van der Waals surface area contributed by atoms with Crippen LogP contribution >= 0.6 is 0 Å². The highest BCUT2D eigenvalue weighted by Crippen LogP contribution is 2.21. The summed E-state index contributed by atoms with van der Waals surface area (Å²) >= 11 is 0. The number of sulfone groups is 1. The SMILES string of the molecule is O=C(C[C@H]1CCS(=O)(=O)C1)NNC(=O)c1ccc2ccccc2n1. The second kappa shape index (κ2) is 6.56. The first kappa shape index (κ1) is 16.4. The van der Waals surface area contributed by atoms with Crippen molar-refractivity contribution >= 4 is 32.6 Å². The fraction of sp³-hybridized carbons (Fsp3) is 0.312. The van der Waals surface area contributed by atoms with Gasteiger partial charge in [0.2, 0.25) is 5.91 Å². The number of benzene rings is 1. The smallest absolute Gasteiger partial charge is 0.273 e. The average molecular weight is 347 g/mol. The lowest BCUT2D eigenvalue weighted by Crippen LogP contribution is -2.42. The van der Waals surface area contributed by atoms with Crippen LogP contribution in [0.5, 0.6) is 0 Å². The van der Waals surface area contributed by atoms with Crippen LogP contribution in [0.15, 0.2) is 36.4 Å². The first-order valence-corrected chi connectivity index (χ1v) is 9.40. The number of hydrogen-bond acceptors (Lipinski definition) is 5. The average Bonchev–Trinajstić information content (AvgIpc) is 2.90. The van der Waals surface area contributed by atoms with E-state index in [4.69, 9.17) is 0 Å². The molecule has 7 nitrogen and oxygen atoms in total. The van der Waals surface area contributed by atoms with Gasteiger partial charge in [-0.25, -0.2) is 13.4 Å². The minimum absolute atomic E-state index is 0.0284. The van der Waals surface area contributed by atoms with Crippen LogP contribution in [0.25, 0.3) is 10.9 Å². The van der Waals surface area contributed by atoms with Gasteiger partial charge in [0.1, 0.15) is 5.69 Å². The lowest BCUT2D eigenvalue weighted by atomic mass is 10.1. The summed E-state index contributed by atoms with van der Waals surface area (Å²) in [5, 5.41) is 0.917. The van der Waals surface area contributed by atoms with E-state index in [9.17, 15) is 18.0 Å². The molecule has 1 aliphatic rings. The molecule has 1 aromatic heterocycles. The predicted octanol–water partition coefficient (Wildman–Crippen LogP) is 0.821. The van der Waals surface area contributed by atoms with Gasteiger partial charge in [-0.15, -0.1) is 0 Å². The zero-order valence-electron chi connectivity index (χ0n) is 12.9. The molecule has 1 atom stereocenters. The van der Waals surface area contributed by atoms with Gasteiger partial charge in [0.05, 0.1) is 17.0 Å². The summed E-state index contributed by atoms with van der Waals surface area (Å²) in [6.07, 6.45) is 0.556. The topological polar surface area (TPSA) is 105 Å². The van der Waals surface area contributed by atoms with Crippen LogP contribution in [0.2, 0.25) is 0 Å². The van der Waals surface area contributed by atoms with Crippen molar-refractivity contribution in [3.8, 4) is 0 Å². The Labute approximate surface area is 139 Å². The number of carbonyl (C=O) groups excluding carboxylic acids is 2. The molecule has 0 saturated carbocycles. The van der Waals surface area contributed by atoms with Crippen LogP contribution in [0.3, 0.4) is 0 Å². The van der Waals surface area contributed by atoms with Crippen LogP contribution in [0, 0.1) is 5.92 Å². The molecule has 2 aromatic rings. The van der Waals surface area contributed by atoms with Gasteiger partial charge in [-0.1, -0.05) is 24.3 Å². The van der Waals surface area contributed by atoms with Crippen molar-refractivity contribution in [2.45, 2.75) is 12.8 Å². The highest BCUT2D eigenvalue weighted by Gasteiger charge is 2.29. The molecule has 0 aliphatic carbocycles. The van der Waals surface area contributed by atoms with Crippen molar-refractivity contribution < 1.29 is 18.0 Å². The summed E-state index contributed by atoms with van der Waals surface area (Å²) in [5.41, 5.74) is 5.50. The standard InChI is InChI=1S/C16H17N3O4S/c20-15(9-11-7-8-24(22,23)10-11)18-19-16(21)14-6-5-12-3-1-2-4-13(12)17-14/h1-6,11H,7-10H2,(H,18,20)(H,19,21)/t11-/m1/s1. The summed E-state index contributed by atoms with van der Waals surface area (Å²) in [5.74, 6) is -0.969. The van der Waals surface area contributed by atoms with Gasteiger partial charge in [0, 0.05) is 11.8 Å². The molecule has 2 heterocycles. The van der Waals surface area contributed by atoms with Crippen LogP contribution < -0.4 is 10.9 Å². The summed E-state index contributed by atoms with van der Waals surface area (Å²) in [6, 6.07) is 10.8. The Balaban J connectivity index is 1.55. The van der Waals surface area contributed by atoms with E-state index in [1.807, 2.05) is 18.2 Å². The molecule has 0 spiro atoms. The quantitative estimate of drug-likeness (QED) is 0.800. The zero-order valence-corrected chi connectivity index (χ0v) is 13.7.